The zero-order valence-corrected chi connectivity index (χ0v) is 12.2. The van der Waals surface area contributed by atoms with Crippen molar-refractivity contribution in [3.63, 3.8) is 0 Å². The molecule has 2 saturated heterocycles. The Balaban J connectivity index is 1.76. The highest BCUT2D eigenvalue weighted by atomic mass is 16.5. The van der Waals surface area contributed by atoms with Crippen LogP contribution >= 0.6 is 0 Å². The highest BCUT2D eigenvalue weighted by Gasteiger charge is 2.30. The first-order valence-electron chi connectivity index (χ1n) is 7.87. The summed E-state index contributed by atoms with van der Waals surface area (Å²) in [4.78, 5) is 2.68. The molecule has 0 aromatic rings. The zero-order chi connectivity index (χ0) is 12.8. The molecule has 3 heteroatoms. The van der Waals surface area contributed by atoms with Gasteiger partial charge in [-0.25, -0.2) is 0 Å². The van der Waals surface area contributed by atoms with Crippen LogP contribution in [0.2, 0.25) is 0 Å². The van der Waals surface area contributed by atoms with Crippen molar-refractivity contribution < 1.29 is 4.74 Å². The summed E-state index contributed by atoms with van der Waals surface area (Å²) in [5.41, 5.74) is 0. The lowest BCUT2D eigenvalue weighted by Crippen LogP contribution is -2.44. The molecular formula is C15H30N2O. The van der Waals surface area contributed by atoms with Crippen LogP contribution in [0.4, 0.5) is 0 Å². The van der Waals surface area contributed by atoms with Crippen LogP contribution in [0.15, 0.2) is 0 Å². The van der Waals surface area contributed by atoms with Gasteiger partial charge in [0.1, 0.15) is 0 Å². The Labute approximate surface area is 112 Å². The SMILES string of the molecule is CCCNC1COCC1CN1CCCC(CC)C1. The third-order valence-electron chi connectivity index (χ3n) is 4.53. The molecule has 2 fully saturated rings. The lowest BCUT2D eigenvalue weighted by Gasteiger charge is -2.34. The predicted molar refractivity (Wildman–Crippen MR) is 75.8 cm³/mol. The number of hydrogen-bond donors (Lipinski definition) is 1. The number of rotatable bonds is 6. The maximum atomic E-state index is 5.67. The summed E-state index contributed by atoms with van der Waals surface area (Å²) in [6.07, 6.45) is 5.38. The molecule has 2 rings (SSSR count). The summed E-state index contributed by atoms with van der Waals surface area (Å²) in [7, 11) is 0. The van der Waals surface area contributed by atoms with Crippen molar-refractivity contribution in [3.8, 4) is 0 Å². The first-order valence-corrected chi connectivity index (χ1v) is 7.87. The second-order valence-corrected chi connectivity index (χ2v) is 6.03. The van der Waals surface area contributed by atoms with Crippen LogP contribution in [0.1, 0.15) is 39.5 Å². The largest absolute Gasteiger partial charge is 0.379 e. The summed E-state index contributed by atoms with van der Waals surface area (Å²) in [5.74, 6) is 1.63. The standard InChI is InChI=1S/C15H30N2O/c1-3-7-16-15-12-18-11-14(15)10-17-8-5-6-13(4-2)9-17/h13-16H,3-12H2,1-2H3. The summed E-state index contributed by atoms with van der Waals surface area (Å²) in [6.45, 7) is 11.4. The Morgan fingerprint density at radius 2 is 2.17 bits per heavy atom. The van der Waals surface area contributed by atoms with Gasteiger partial charge in [-0.1, -0.05) is 20.3 Å². The van der Waals surface area contributed by atoms with Gasteiger partial charge in [0.2, 0.25) is 0 Å². The maximum absolute atomic E-state index is 5.67. The van der Waals surface area contributed by atoms with Crippen LogP contribution in [0.3, 0.4) is 0 Å². The Morgan fingerprint density at radius 1 is 1.28 bits per heavy atom. The number of nitrogens with zero attached hydrogens (tertiary/aromatic N) is 1. The van der Waals surface area contributed by atoms with E-state index in [9.17, 15) is 0 Å². The molecule has 0 amide bonds. The van der Waals surface area contributed by atoms with Gasteiger partial charge in [0.25, 0.3) is 0 Å². The average Bonchev–Trinajstić information content (AvgIpc) is 2.84. The molecule has 2 heterocycles. The minimum absolute atomic E-state index is 0.590. The van der Waals surface area contributed by atoms with Crippen LogP contribution < -0.4 is 5.32 Å². The Kier molecular flexibility index (Phi) is 5.93. The van der Waals surface area contributed by atoms with Crippen molar-refractivity contribution in [3.05, 3.63) is 0 Å². The third kappa shape index (κ3) is 3.94. The van der Waals surface area contributed by atoms with Crippen LogP contribution in [-0.4, -0.2) is 50.3 Å². The molecule has 0 aromatic heterocycles. The third-order valence-corrected chi connectivity index (χ3v) is 4.53. The van der Waals surface area contributed by atoms with Gasteiger partial charge in [-0.05, 0) is 38.3 Å². The average molecular weight is 254 g/mol. The molecule has 0 aliphatic carbocycles. The van der Waals surface area contributed by atoms with E-state index in [1.807, 2.05) is 0 Å². The van der Waals surface area contributed by atoms with Crippen molar-refractivity contribution in [1.82, 2.24) is 10.2 Å². The van der Waals surface area contributed by atoms with Crippen molar-refractivity contribution in [2.45, 2.75) is 45.6 Å². The van der Waals surface area contributed by atoms with E-state index in [2.05, 4.69) is 24.1 Å². The highest BCUT2D eigenvalue weighted by Crippen LogP contribution is 2.22. The lowest BCUT2D eigenvalue weighted by molar-refractivity contribution is 0.131. The molecule has 3 nitrogen and oxygen atoms in total. The van der Waals surface area contributed by atoms with Gasteiger partial charge in [0, 0.05) is 25.0 Å². The smallest absolute Gasteiger partial charge is 0.0623 e. The van der Waals surface area contributed by atoms with E-state index in [0.717, 1.165) is 25.7 Å². The van der Waals surface area contributed by atoms with E-state index in [1.54, 1.807) is 0 Å². The molecule has 18 heavy (non-hydrogen) atoms. The molecule has 0 saturated carbocycles. The number of nitrogens with one attached hydrogen (secondary N) is 1. The number of likely N-dealkylation sites (tertiary alicyclic amines) is 1. The zero-order valence-electron chi connectivity index (χ0n) is 12.2. The molecule has 0 radical (unpaired) electrons. The number of piperidine rings is 1. The second-order valence-electron chi connectivity index (χ2n) is 6.03. The van der Waals surface area contributed by atoms with Crippen LogP contribution in [0.25, 0.3) is 0 Å². The number of hydrogen-bond acceptors (Lipinski definition) is 3. The van der Waals surface area contributed by atoms with E-state index in [0.29, 0.717) is 12.0 Å². The van der Waals surface area contributed by atoms with Gasteiger partial charge in [0.05, 0.1) is 13.2 Å². The fourth-order valence-corrected chi connectivity index (χ4v) is 3.32. The van der Waals surface area contributed by atoms with E-state index in [4.69, 9.17) is 4.74 Å². The summed E-state index contributed by atoms with van der Waals surface area (Å²) in [5, 5.41) is 3.64. The van der Waals surface area contributed by atoms with Crippen LogP contribution in [-0.2, 0) is 4.74 Å². The fourth-order valence-electron chi connectivity index (χ4n) is 3.32. The molecule has 3 unspecified atom stereocenters. The van der Waals surface area contributed by atoms with Crippen molar-refractivity contribution in [2.24, 2.45) is 11.8 Å². The number of ether oxygens (including phenoxy) is 1. The van der Waals surface area contributed by atoms with Gasteiger partial charge >= 0.3 is 0 Å². The van der Waals surface area contributed by atoms with Gasteiger partial charge in [-0.2, -0.15) is 0 Å². The summed E-state index contributed by atoms with van der Waals surface area (Å²) >= 11 is 0. The molecule has 106 valence electrons. The molecule has 1 N–H and O–H groups in total. The summed E-state index contributed by atoms with van der Waals surface area (Å²) in [6, 6.07) is 0.590. The second kappa shape index (κ2) is 7.46. The van der Waals surface area contributed by atoms with Crippen molar-refractivity contribution in [2.75, 3.05) is 39.4 Å². The molecule has 3 atom stereocenters. The molecule has 0 bridgehead atoms. The van der Waals surface area contributed by atoms with E-state index >= 15 is 0 Å². The molecule has 2 aliphatic heterocycles. The van der Waals surface area contributed by atoms with Crippen molar-refractivity contribution >= 4 is 0 Å². The Morgan fingerprint density at radius 3 is 2.94 bits per heavy atom. The van der Waals surface area contributed by atoms with Gasteiger partial charge in [0.15, 0.2) is 0 Å². The van der Waals surface area contributed by atoms with Crippen LogP contribution in [0.5, 0.6) is 0 Å². The summed E-state index contributed by atoms with van der Waals surface area (Å²) < 4.78 is 5.67. The minimum atomic E-state index is 0.590. The molecule has 0 aromatic carbocycles. The van der Waals surface area contributed by atoms with Gasteiger partial charge in [-0.3, -0.25) is 0 Å². The van der Waals surface area contributed by atoms with E-state index in [1.165, 1.54) is 45.3 Å². The maximum Gasteiger partial charge on any atom is 0.0623 e. The molecular weight excluding hydrogens is 224 g/mol. The highest BCUT2D eigenvalue weighted by molar-refractivity contribution is 4.85. The van der Waals surface area contributed by atoms with Gasteiger partial charge in [-0.15, -0.1) is 0 Å². The quantitative estimate of drug-likeness (QED) is 0.786. The molecule has 0 spiro atoms. The minimum Gasteiger partial charge on any atom is -0.379 e. The van der Waals surface area contributed by atoms with Gasteiger partial charge < -0.3 is 15.0 Å². The van der Waals surface area contributed by atoms with E-state index < -0.39 is 0 Å². The topological polar surface area (TPSA) is 24.5 Å². The van der Waals surface area contributed by atoms with Crippen molar-refractivity contribution in [1.29, 1.82) is 0 Å². The predicted octanol–water partition coefficient (Wildman–Crippen LogP) is 2.12. The Bertz CT molecular complexity index is 235. The molecule has 2 aliphatic rings. The first kappa shape index (κ1) is 14.3. The Hall–Kier alpha value is -0.120. The van der Waals surface area contributed by atoms with E-state index in [-0.39, 0.29) is 0 Å². The normalized spacial score (nSPS) is 34.0. The first-order chi connectivity index (χ1) is 8.83. The fraction of sp³-hybridized carbons (Fsp3) is 1.00. The monoisotopic (exact) mass is 254 g/mol. The van der Waals surface area contributed by atoms with Crippen LogP contribution in [0, 0.1) is 11.8 Å². The lowest BCUT2D eigenvalue weighted by atomic mass is 9.94.